The summed E-state index contributed by atoms with van der Waals surface area (Å²) in [4.78, 5) is 21.7. The third-order valence-corrected chi connectivity index (χ3v) is 4.82. The Bertz CT molecular complexity index is 789. The van der Waals surface area contributed by atoms with Gasteiger partial charge in [0.25, 0.3) is 5.91 Å². The highest BCUT2D eigenvalue weighted by Gasteiger charge is 2.18. The van der Waals surface area contributed by atoms with Crippen LogP contribution < -0.4 is 19.7 Å². The van der Waals surface area contributed by atoms with E-state index in [1.54, 1.807) is 38.6 Å². The molecule has 7 heteroatoms. The van der Waals surface area contributed by atoms with Crippen LogP contribution in [0.5, 0.6) is 11.5 Å². The van der Waals surface area contributed by atoms with Crippen molar-refractivity contribution in [3.05, 3.63) is 42.2 Å². The molecular weight excluding hydrogens is 344 g/mol. The largest absolute Gasteiger partial charge is 0.497 e. The van der Waals surface area contributed by atoms with Crippen LogP contribution in [0.1, 0.15) is 17.4 Å². The van der Waals surface area contributed by atoms with Crippen LogP contribution in [0.3, 0.4) is 0 Å². The van der Waals surface area contributed by atoms with E-state index in [0.29, 0.717) is 22.9 Å². The van der Waals surface area contributed by atoms with E-state index in [1.165, 1.54) is 0 Å². The van der Waals surface area contributed by atoms with Crippen LogP contribution in [0.25, 0.3) is 0 Å². The summed E-state index contributed by atoms with van der Waals surface area (Å²) in [6.07, 6.45) is 1.68. The van der Waals surface area contributed by atoms with E-state index in [9.17, 15) is 4.79 Å². The Morgan fingerprint density at radius 1 is 1.11 bits per heavy atom. The number of nitrogens with one attached hydrogen (secondary N) is 1. The third kappa shape index (κ3) is 4.49. The van der Waals surface area contributed by atoms with Crippen molar-refractivity contribution in [3.8, 4) is 11.5 Å². The maximum absolute atomic E-state index is 12.7. The van der Waals surface area contributed by atoms with Crippen molar-refractivity contribution in [1.29, 1.82) is 0 Å². The van der Waals surface area contributed by atoms with E-state index in [1.807, 2.05) is 12.1 Å². The van der Waals surface area contributed by atoms with Crippen LogP contribution in [-0.4, -0.2) is 62.7 Å². The quantitative estimate of drug-likeness (QED) is 0.843. The van der Waals surface area contributed by atoms with Crippen molar-refractivity contribution < 1.29 is 14.3 Å². The van der Waals surface area contributed by atoms with Gasteiger partial charge in [0.1, 0.15) is 17.2 Å². The molecular formula is C20H26N4O3. The molecule has 0 aliphatic carbocycles. The molecule has 1 fully saturated rings. The van der Waals surface area contributed by atoms with Gasteiger partial charge in [0.2, 0.25) is 0 Å². The van der Waals surface area contributed by atoms with Gasteiger partial charge in [0.05, 0.1) is 19.9 Å². The maximum atomic E-state index is 12.7. The number of rotatable bonds is 6. The fraction of sp³-hybridized carbons (Fsp3) is 0.400. The second kappa shape index (κ2) is 8.73. The number of carbonyl (C=O) groups excluding carboxylic acids is 1. The van der Waals surface area contributed by atoms with Gasteiger partial charge in [-0.2, -0.15) is 0 Å². The lowest BCUT2D eigenvalue weighted by atomic mass is 10.2. The molecule has 0 radical (unpaired) electrons. The van der Waals surface area contributed by atoms with E-state index in [4.69, 9.17) is 9.47 Å². The smallest absolute Gasteiger partial charge is 0.274 e. The zero-order valence-electron chi connectivity index (χ0n) is 16.1. The Kier molecular flexibility index (Phi) is 6.13. The highest BCUT2D eigenvalue weighted by molar-refractivity contribution is 6.04. The number of hydrogen-bond donors (Lipinski definition) is 1. The predicted molar refractivity (Wildman–Crippen MR) is 106 cm³/mol. The summed E-state index contributed by atoms with van der Waals surface area (Å²) in [6, 6.07) is 9.05. The fourth-order valence-corrected chi connectivity index (χ4v) is 3.16. The third-order valence-electron chi connectivity index (χ3n) is 4.82. The molecule has 1 aliphatic heterocycles. The Hall–Kier alpha value is -2.80. The number of amides is 1. The van der Waals surface area contributed by atoms with Crippen LogP contribution in [0.2, 0.25) is 0 Å². The average molecular weight is 370 g/mol. The van der Waals surface area contributed by atoms with Gasteiger partial charge in [-0.1, -0.05) is 6.92 Å². The van der Waals surface area contributed by atoms with Crippen LogP contribution in [-0.2, 0) is 0 Å². The summed E-state index contributed by atoms with van der Waals surface area (Å²) in [5, 5.41) is 2.87. The van der Waals surface area contributed by atoms with Gasteiger partial charge in [0.15, 0.2) is 0 Å². The van der Waals surface area contributed by atoms with Crippen LogP contribution in [0, 0.1) is 0 Å². The van der Waals surface area contributed by atoms with Gasteiger partial charge >= 0.3 is 0 Å². The number of anilines is 2. The van der Waals surface area contributed by atoms with Gasteiger partial charge in [-0.3, -0.25) is 9.78 Å². The predicted octanol–water partition coefficient (Wildman–Crippen LogP) is 2.49. The zero-order chi connectivity index (χ0) is 19.2. The zero-order valence-corrected chi connectivity index (χ0v) is 16.1. The van der Waals surface area contributed by atoms with Gasteiger partial charge in [-0.15, -0.1) is 0 Å². The number of methoxy groups -OCH3 is 2. The number of ether oxygens (including phenoxy) is 2. The Morgan fingerprint density at radius 3 is 2.56 bits per heavy atom. The number of nitrogens with zero attached hydrogens (tertiary/aromatic N) is 3. The Balaban J connectivity index is 1.74. The molecule has 0 unspecified atom stereocenters. The molecule has 0 bridgehead atoms. The highest BCUT2D eigenvalue weighted by atomic mass is 16.5. The fourth-order valence-electron chi connectivity index (χ4n) is 3.16. The summed E-state index contributed by atoms with van der Waals surface area (Å²) in [6.45, 7) is 7.20. The Morgan fingerprint density at radius 2 is 1.89 bits per heavy atom. The first-order chi connectivity index (χ1) is 13.1. The Labute approximate surface area is 159 Å². The molecule has 2 heterocycles. The van der Waals surface area contributed by atoms with Gasteiger partial charge in [0, 0.05) is 44.1 Å². The molecule has 1 aromatic heterocycles. The van der Waals surface area contributed by atoms with Crippen molar-refractivity contribution in [3.63, 3.8) is 0 Å². The summed E-state index contributed by atoms with van der Waals surface area (Å²) < 4.78 is 10.5. The number of benzene rings is 1. The average Bonchev–Trinajstić information content (AvgIpc) is 2.73. The number of piperazine rings is 1. The van der Waals surface area contributed by atoms with E-state index in [2.05, 4.69) is 27.0 Å². The molecule has 1 N–H and O–H groups in total. The van der Waals surface area contributed by atoms with Crippen molar-refractivity contribution >= 4 is 17.3 Å². The minimum atomic E-state index is -0.282. The standard InChI is InChI=1S/C20H26N4O3/c1-4-23-9-11-24(12-10-23)15-7-8-21-18(13-15)20(25)22-17-14-16(26-2)5-6-19(17)27-3/h5-8,13-14H,4,9-12H2,1-3H3,(H,22,25). The van der Waals surface area contributed by atoms with E-state index < -0.39 is 0 Å². The molecule has 7 nitrogen and oxygen atoms in total. The summed E-state index contributed by atoms with van der Waals surface area (Å²) in [7, 11) is 3.14. The molecule has 0 atom stereocenters. The van der Waals surface area contributed by atoms with E-state index in [-0.39, 0.29) is 5.91 Å². The molecule has 0 spiro atoms. The molecule has 3 rings (SSSR count). The SMILES string of the molecule is CCN1CCN(c2ccnc(C(=O)Nc3cc(OC)ccc3OC)c2)CC1. The number of aromatic nitrogens is 1. The monoisotopic (exact) mass is 370 g/mol. The highest BCUT2D eigenvalue weighted by Crippen LogP contribution is 2.29. The summed E-state index contributed by atoms with van der Waals surface area (Å²) in [5.41, 5.74) is 1.93. The minimum Gasteiger partial charge on any atom is -0.497 e. The van der Waals surface area contributed by atoms with Gasteiger partial charge < -0.3 is 24.6 Å². The molecule has 1 amide bonds. The van der Waals surface area contributed by atoms with Crippen molar-refractivity contribution in [2.75, 3.05) is 57.2 Å². The minimum absolute atomic E-state index is 0.282. The molecule has 1 aromatic carbocycles. The summed E-state index contributed by atoms with van der Waals surface area (Å²) in [5.74, 6) is 0.924. The van der Waals surface area contributed by atoms with Crippen molar-refractivity contribution in [2.45, 2.75) is 6.92 Å². The second-order valence-electron chi connectivity index (χ2n) is 6.34. The number of carbonyl (C=O) groups is 1. The normalized spacial score (nSPS) is 14.7. The first kappa shape index (κ1) is 19.0. The molecule has 144 valence electrons. The van der Waals surface area contributed by atoms with Crippen molar-refractivity contribution in [2.24, 2.45) is 0 Å². The topological polar surface area (TPSA) is 66.9 Å². The maximum Gasteiger partial charge on any atom is 0.274 e. The van der Waals surface area contributed by atoms with Crippen LogP contribution in [0.15, 0.2) is 36.5 Å². The molecule has 1 saturated heterocycles. The molecule has 2 aromatic rings. The lowest BCUT2D eigenvalue weighted by Gasteiger charge is -2.35. The van der Waals surface area contributed by atoms with Crippen LogP contribution in [0.4, 0.5) is 11.4 Å². The number of pyridine rings is 1. The lowest BCUT2D eigenvalue weighted by molar-refractivity contribution is 0.102. The lowest BCUT2D eigenvalue weighted by Crippen LogP contribution is -2.46. The van der Waals surface area contributed by atoms with Gasteiger partial charge in [-0.05, 0) is 30.8 Å². The van der Waals surface area contributed by atoms with E-state index in [0.717, 1.165) is 38.4 Å². The number of likely N-dealkylation sites (N-methyl/N-ethyl adjacent to an activating group) is 1. The van der Waals surface area contributed by atoms with Crippen molar-refractivity contribution in [1.82, 2.24) is 9.88 Å². The van der Waals surface area contributed by atoms with Crippen LogP contribution >= 0.6 is 0 Å². The van der Waals surface area contributed by atoms with E-state index >= 15 is 0 Å². The molecule has 1 aliphatic rings. The second-order valence-corrected chi connectivity index (χ2v) is 6.34. The first-order valence-corrected chi connectivity index (χ1v) is 9.11. The molecule has 0 saturated carbocycles. The first-order valence-electron chi connectivity index (χ1n) is 9.11. The summed E-state index contributed by atoms with van der Waals surface area (Å²) >= 11 is 0. The van der Waals surface area contributed by atoms with Gasteiger partial charge in [-0.25, -0.2) is 0 Å². The molecule has 27 heavy (non-hydrogen) atoms. The number of hydrogen-bond acceptors (Lipinski definition) is 6.